The molecule has 9 nitrogen and oxygen atoms in total. The van der Waals surface area contributed by atoms with Gasteiger partial charge in [-0.05, 0) is 12.1 Å². The fourth-order valence-electron chi connectivity index (χ4n) is 0.610. The van der Waals surface area contributed by atoms with Gasteiger partial charge in [0, 0.05) is 0 Å². The van der Waals surface area contributed by atoms with Crippen LogP contribution >= 0.6 is 0 Å². The van der Waals surface area contributed by atoms with Gasteiger partial charge in [0.15, 0.2) is 0 Å². The highest BCUT2D eigenvalue weighted by molar-refractivity contribution is 7.89. The van der Waals surface area contributed by atoms with Crippen molar-refractivity contribution in [2.24, 2.45) is 5.14 Å². The molecular weight excluding hydrogens is 334 g/mol. The van der Waals surface area contributed by atoms with Gasteiger partial charge in [-0.25, -0.2) is 13.6 Å². The molecule has 0 aliphatic heterocycles. The van der Waals surface area contributed by atoms with Crippen molar-refractivity contribution in [2.45, 2.75) is 4.90 Å². The van der Waals surface area contributed by atoms with Crippen molar-refractivity contribution in [3.8, 4) is 0 Å². The van der Waals surface area contributed by atoms with Gasteiger partial charge >= 0.3 is 0 Å². The summed E-state index contributed by atoms with van der Waals surface area (Å²) in [5.41, 5.74) is 0. The van der Waals surface area contributed by atoms with Gasteiger partial charge in [0.25, 0.3) is 20.2 Å². The van der Waals surface area contributed by atoms with E-state index in [1.807, 2.05) is 0 Å². The fourth-order valence-corrected chi connectivity index (χ4v) is 1.15. The fraction of sp³-hybridized carbons (Fsp3) is 0.250. The molecule has 0 fully saturated rings. The minimum atomic E-state index is -3.67. The van der Waals surface area contributed by atoms with E-state index in [1.165, 1.54) is 12.1 Å². The Morgan fingerprint density at radius 1 is 0.800 bits per heavy atom. The summed E-state index contributed by atoms with van der Waals surface area (Å²) in [5, 5.41) is 4.83. The third-order valence-electron chi connectivity index (χ3n) is 1.07. The highest BCUT2D eigenvalue weighted by atomic mass is 32.2. The van der Waals surface area contributed by atoms with Gasteiger partial charge in [-0.1, -0.05) is 18.2 Å². The van der Waals surface area contributed by atoms with Crippen LogP contribution in [-0.2, 0) is 30.3 Å². The molecule has 4 N–H and O–H groups in total. The van der Waals surface area contributed by atoms with Crippen LogP contribution < -0.4 is 5.14 Å². The number of rotatable bonds is 1. The maximum absolute atomic E-state index is 10.6. The van der Waals surface area contributed by atoms with Crippen molar-refractivity contribution in [3.05, 3.63) is 30.3 Å². The summed E-state index contributed by atoms with van der Waals surface area (Å²) >= 11 is 0. The zero-order chi connectivity index (χ0) is 16.6. The summed E-state index contributed by atoms with van der Waals surface area (Å²) in [6, 6.07) is 7.89. The Bertz CT molecular complexity index is 645. The molecule has 0 amide bonds. The molecule has 0 atom stereocenters. The van der Waals surface area contributed by atoms with Crippen molar-refractivity contribution in [1.29, 1.82) is 0 Å². The molecule has 12 heteroatoms. The first-order valence-electron chi connectivity index (χ1n) is 4.53. The summed E-state index contributed by atoms with van der Waals surface area (Å²) in [5.74, 6) is 0. The molecular formula is C8H15NO8S3. The third kappa shape index (κ3) is 25.7. The first kappa shape index (κ1) is 21.3. The van der Waals surface area contributed by atoms with Crippen molar-refractivity contribution in [3.63, 3.8) is 0 Å². The quantitative estimate of drug-likeness (QED) is 0.561. The van der Waals surface area contributed by atoms with Crippen LogP contribution in [0.1, 0.15) is 0 Å². The van der Waals surface area contributed by atoms with Crippen LogP contribution in [0, 0.1) is 0 Å². The Morgan fingerprint density at radius 2 is 1.05 bits per heavy atom. The summed E-state index contributed by atoms with van der Waals surface area (Å²) in [6.07, 6.45) is 1.43. The van der Waals surface area contributed by atoms with Gasteiger partial charge in [0.1, 0.15) is 0 Å². The van der Waals surface area contributed by atoms with E-state index in [1.54, 1.807) is 18.2 Å². The van der Waals surface area contributed by atoms with Crippen LogP contribution in [0.2, 0.25) is 0 Å². The zero-order valence-corrected chi connectivity index (χ0v) is 13.0. The molecule has 0 saturated carbocycles. The molecule has 0 aliphatic rings. The Labute approximate surface area is 118 Å². The van der Waals surface area contributed by atoms with Crippen LogP contribution in [-0.4, -0.2) is 46.9 Å². The van der Waals surface area contributed by atoms with Crippen LogP contribution in [0.5, 0.6) is 0 Å². The minimum absolute atomic E-state index is 0.148. The maximum Gasteiger partial charge on any atom is 0.261 e. The summed E-state index contributed by atoms with van der Waals surface area (Å²) in [6.45, 7) is 0. The van der Waals surface area contributed by atoms with E-state index >= 15 is 0 Å². The first-order valence-corrected chi connectivity index (χ1v) is 9.78. The van der Waals surface area contributed by atoms with Crippen LogP contribution in [0.25, 0.3) is 0 Å². The Balaban J connectivity index is 0. The highest BCUT2D eigenvalue weighted by Gasteiger charge is 2.03. The van der Waals surface area contributed by atoms with Gasteiger partial charge in [0.2, 0.25) is 10.0 Å². The molecule has 0 aromatic heterocycles. The van der Waals surface area contributed by atoms with E-state index in [-0.39, 0.29) is 4.90 Å². The van der Waals surface area contributed by atoms with Crippen molar-refractivity contribution in [1.82, 2.24) is 0 Å². The molecule has 0 unspecified atom stereocenters. The van der Waals surface area contributed by atoms with Crippen LogP contribution in [0.15, 0.2) is 35.2 Å². The van der Waals surface area contributed by atoms with Gasteiger partial charge in [0.05, 0.1) is 17.4 Å². The normalized spacial score (nSPS) is 11.4. The van der Waals surface area contributed by atoms with Gasteiger partial charge in [-0.3, -0.25) is 9.11 Å². The monoisotopic (exact) mass is 349 g/mol. The molecule has 0 bridgehead atoms. The SMILES string of the molecule is CS(=O)(=O)O.CS(=O)(=O)O.NS(=O)(=O)c1ccccc1. The standard InChI is InChI=1S/C6H7NO2S.2CH4O3S/c7-10(8,9)6-4-2-1-3-5-6;2*1-5(2,3)4/h1-5H,(H2,7,8,9);2*1H3,(H,2,3,4). The Hall–Kier alpha value is -1.05. The Morgan fingerprint density at radius 3 is 1.20 bits per heavy atom. The smallest absolute Gasteiger partial charge is 0.261 e. The van der Waals surface area contributed by atoms with E-state index in [4.69, 9.17) is 14.2 Å². The number of primary sulfonamides is 1. The molecule has 0 radical (unpaired) electrons. The molecule has 1 aromatic carbocycles. The molecule has 118 valence electrons. The Kier molecular flexibility index (Phi) is 8.80. The van der Waals surface area contributed by atoms with Crippen molar-refractivity contribution >= 4 is 30.3 Å². The van der Waals surface area contributed by atoms with E-state index in [9.17, 15) is 25.3 Å². The van der Waals surface area contributed by atoms with E-state index in [2.05, 4.69) is 0 Å². The molecule has 0 heterocycles. The average molecular weight is 349 g/mol. The number of benzene rings is 1. The highest BCUT2D eigenvalue weighted by Crippen LogP contribution is 2.02. The van der Waals surface area contributed by atoms with Crippen LogP contribution in [0.4, 0.5) is 0 Å². The van der Waals surface area contributed by atoms with E-state index < -0.39 is 30.3 Å². The second-order valence-electron chi connectivity index (χ2n) is 3.32. The van der Waals surface area contributed by atoms with Gasteiger partial charge in [-0.2, -0.15) is 16.8 Å². The lowest BCUT2D eigenvalue weighted by atomic mass is 10.4. The average Bonchev–Trinajstić information content (AvgIpc) is 2.12. The first-order chi connectivity index (χ1) is 8.61. The van der Waals surface area contributed by atoms with E-state index in [0.717, 1.165) is 0 Å². The van der Waals surface area contributed by atoms with Gasteiger partial charge < -0.3 is 0 Å². The summed E-state index contributed by atoms with van der Waals surface area (Å²) in [4.78, 5) is 0.148. The molecule has 1 aromatic rings. The van der Waals surface area contributed by atoms with Crippen molar-refractivity contribution < 1.29 is 34.4 Å². The predicted octanol–water partition coefficient (Wildman–Crippen LogP) is -0.658. The number of sulfonamides is 1. The largest absolute Gasteiger partial charge is 0.286 e. The van der Waals surface area contributed by atoms with Gasteiger partial charge in [-0.15, -0.1) is 0 Å². The lowest BCUT2D eigenvalue weighted by Crippen LogP contribution is -2.11. The van der Waals surface area contributed by atoms with E-state index in [0.29, 0.717) is 12.5 Å². The number of hydrogen-bond donors (Lipinski definition) is 3. The topological polar surface area (TPSA) is 169 Å². The summed E-state index contributed by atoms with van der Waals surface area (Å²) < 4.78 is 73.0. The van der Waals surface area contributed by atoms with Crippen LogP contribution in [0.3, 0.4) is 0 Å². The third-order valence-corrected chi connectivity index (χ3v) is 2.00. The predicted molar refractivity (Wildman–Crippen MR) is 72.8 cm³/mol. The minimum Gasteiger partial charge on any atom is -0.286 e. The molecule has 0 spiro atoms. The lowest BCUT2D eigenvalue weighted by molar-refractivity contribution is 0.488. The summed E-state index contributed by atoms with van der Waals surface area (Å²) in [7, 11) is -10.8. The van der Waals surface area contributed by atoms with Crippen molar-refractivity contribution in [2.75, 3.05) is 12.5 Å². The zero-order valence-electron chi connectivity index (χ0n) is 10.5. The molecule has 1 rings (SSSR count). The molecule has 0 saturated heterocycles. The molecule has 0 aliphatic carbocycles. The molecule has 20 heavy (non-hydrogen) atoms. The number of hydrogen-bond acceptors (Lipinski definition) is 6. The number of nitrogens with two attached hydrogens (primary N) is 1. The lowest BCUT2D eigenvalue weighted by Gasteiger charge is -1.93. The second-order valence-corrected chi connectivity index (χ2v) is 7.82. The maximum atomic E-state index is 10.6. The second kappa shape index (κ2) is 8.28.